The zero-order valence-electron chi connectivity index (χ0n) is 26.8. The molecule has 5 rings (SSSR count). The lowest BCUT2D eigenvalue weighted by atomic mass is 9.77. The van der Waals surface area contributed by atoms with Gasteiger partial charge in [0.25, 0.3) is 0 Å². The first-order chi connectivity index (χ1) is 22.1. The molecule has 4 heterocycles. The molecule has 3 N–H and O–H groups in total. The van der Waals surface area contributed by atoms with Crippen LogP contribution in [0.4, 0.5) is 14.9 Å². The third-order valence-corrected chi connectivity index (χ3v) is 10.2. The molecule has 0 radical (unpaired) electrons. The Morgan fingerprint density at radius 1 is 1.09 bits per heavy atom. The van der Waals surface area contributed by atoms with Gasteiger partial charge in [-0.05, 0) is 80.9 Å². The minimum Gasteiger partial charge on any atom is -0.453 e. The Morgan fingerprint density at radius 2 is 1.87 bits per heavy atom. The SMILES string of the molecule is CCC(C)NC(=O)Nc1ccc(Oc2ccnc3cc(-c4ccc(CN5CCC(C(C)C(C)C(=O)CO)CC5)cn4)sc23)c(F)c1. The lowest BCUT2D eigenvalue weighted by molar-refractivity contribution is -0.127. The molecule has 3 aromatic heterocycles. The first-order valence-corrected chi connectivity index (χ1v) is 16.7. The maximum atomic E-state index is 15.0. The summed E-state index contributed by atoms with van der Waals surface area (Å²) in [6.07, 6.45) is 6.41. The maximum Gasteiger partial charge on any atom is 0.319 e. The molecule has 2 amide bonds. The molecule has 0 aliphatic carbocycles. The molecule has 9 nitrogen and oxygen atoms in total. The van der Waals surface area contributed by atoms with Crippen LogP contribution in [0.2, 0.25) is 0 Å². The second kappa shape index (κ2) is 15.1. The topological polar surface area (TPSA) is 117 Å². The van der Waals surface area contributed by atoms with Gasteiger partial charge in [0.2, 0.25) is 0 Å². The smallest absolute Gasteiger partial charge is 0.319 e. The van der Waals surface area contributed by atoms with E-state index >= 15 is 0 Å². The summed E-state index contributed by atoms with van der Waals surface area (Å²) in [6.45, 7) is 10.3. The number of aromatic nitrogens is 2. The van der Waals surface area contributed by atoms with E-state index in [0.29, 0.717) is 17.4 Å². The molecule has 0 bridgehead atoms. The summed E-state index contributed by atoms with van der Waals surface area (Å²) in [5.41, 5.74) is 3.02. The van der Waals surface area contributed by atoms with E-state index in [1.54, 1.807) is 18.3 Å². The highest BCUT2D eigenvalue weighted by molar-refractivity contribution is 7.22. The largest absolute Gasteiger partial charge is 0.453 e. The predicted octanol–water partition coefficient (Wildman–Crippen LogP) is 7.26. The number of pyridine rings is 2. The van der Waals surface area contributed by atoms with Crippen molar-refractivity contribution >= 4 is 39.1 Å². The molecule has 11 heteroatoms. The predicted molar refractivity (Wildman–Crippen MR) is 180 cm³/mol. The van der Waals surface area contributed by atoms with Crippen molar-refractivity contribution < 1.29 is 23.8 Å². The van der Waals surface area contributed by atoms with Crippen molar-refractivity contribution in [3.05, 3.63) is 66.2 Å². The van der Waals surface area contributed by atoms with Gasteiger partial charge in [-0.25, -0.2) is 9.18 Å². The van der Waals surface area contributed by atoms with Crippen molar-refractivity contribution in [3.63, 3.8) is 0 Å². The second-order valence-corrected chi connectivity index (χ2v) is 13.3. The number of aliphatic hydroxyl groups excluding tert-OH is 1. The summed E-state index contributed by atoms with van der Waals surface area (Å²) in [7, 11) is 0. The van der Waals surface area contributed by atoms with Gasteiger partial charge in [0.05, 0.1) is 20.8 Å². The lowest BCUT2D eigenvalue weighted by Crippen LogP contribution is -2.38. The highest BCUT2D eigenvalue weighted by atomic mass is 32.1. The summed E-state index contributed by atoms with van der Waals surface area (Å²) in [6, 6.07) is 11.7. The molecule has 1 saturated heterocycles. The Hall–Kier alpha value is -3.93. The van der Waals surface area contributed by atoms with Gasteiger partial charge in [0.15, 0.2) is 17.3 Å². The first-order valence-electron chi connectivity index (χ1n) is 15.9. The number of anilines is 1. The number of likely N-dealkylation sites (tertiary alicyclic amines) is 1. The molecule has 3 atom stereocenters. The average molecular weight is 648 g/mol. The minimum atomic E-state index is -0.592. The number of ether oxygens (including phenoxy) is 1. The zero-order chi connectivity index (χ0) is 32.8. The van der Waals surface area contributed by atoms with Crippen molar-refractivity contribution in [2.24, 2.45) is 17.8 Å². The van der Waals surface area contributed by atoms with Crippen molar-refractivity contribution in [2.45, 2.75) is 59.5 Å². The molecular formula is C35H42FN5O4S. The number of nitrogens with one attached hydrogen (secondary N) is 2. The van der Waals surface area contributed by atoms with Crippen LogP contribution in [0.15, 0.2) is 54.9 Å². The van der Waals surface area contributed by atoms with Crippen LogP contribution in [0.1, 0.15) is 52.5 Å². The zero-order valence-corrected chi connectivity index (χ0v) is 27.6. The van der Waals surface area contributed by atoms with Crippen molar-refractivity contribution in [2.75, 3.05) is 25.0 Å². The van der Waals surface area contributed by atoms with E-state index in [2.05, 4.69) is 33.5 Å². The van der Waals surface area contributed by atoms with Crippen LogP contribution in [-0.2, 0) is 11.3 Å². The first kappa shape index (κ1) is 33.4. The summed E-state index contributed by atoms with van der Waals surface area (Å²) in [5, 5.41) is 14.7. The summed E-state index contributed by atoms with van der Waals surface area (Å²) < 4.78 is 21.7. The van der Waals surface area contributed by atoms with E-state index < -0.39 is 5.82 Å². The minimum absolute atomic E-state index is 0.0103. The van der Waals surface area contributed by atoms with E-state index in [1.807, 2.05) is 39.1 Å². The number of rotatable bonds is 12. The number of amides is 2. The molecule has 1 aliphatic rings. The van der Waals surface area contributed by atoms with E-state index in [4.69, 9.17) is 9.72 Å². The number of carbonyl (C=O) groups is 2. The highest BCUT2D eigenvalue weighted by Gasteiger charge is 2.30. The van der Waals surface area contributed by atoms with Gasteiger partial charge in [0, 0.05) is 48.7 Å². The number of thiophene rings is 1. The van der Waals surface area contributed by atoms with Gasteiger partial charge in [-0.3, -0.25) is 19.7 Å². The van der Waals surface area contributed by atoms with Gasteiger partial charge >= 0.3 is 6.03 Å². The second-order valence-electron chi connectivity index (χ2n) is 12.2. The number of halogens is 1. The fourth-order valence-corrected chi connectivity index (χ4v) is 6.84. The van der Waals surface area contributed by atoms with Gasteiger partial charge in [-0.15, -0.1) is 11.3 Å². The lowest BCUT2D eigenvalue weighted by Gasteiger charge is -2.36. The molecule has 1 aromatic carbocycles. The van der Waals surface area contributed by atoms with E-state index in [0.717, 1.165) is 65.2 Å². The third kappa shape index (κ3) is 8.07. The van der Waals surface area contributed by atoms with Gasteiger partial charge in [0.1, 0.15) is 12.4 Å². The van der Waals surface area contributed by atoms with Crippen LogP contribution in [0, 0.1) is 23.6 Å². The standard InChI is InChI=1S/C35H42FN5O4S/c1-5-21(2)39-35(44)40-26-7-9-31(27(36)16-26)45-32-10-13-37-29-17-33(46-34(29)32)28-8-6-24(18-38-28)19-41-14-11-25(12-15-41)22(3)23(4)30(43)20-42/h6-10,13,16-18,21-23,25,42H,5,11-12,14-15,19-20H2,1-4H3,(H2,39,40,44). The number of hydrogen-bond acceptors (Lipinski definition) is 8. The van der Waals surface area contributed by atoms with Crippen molar-refractivity contribution in [3.8, 4) is 22.1 Å². The van der Waals surface area contributed by atoms with Gasteiger partial charge in [-0.2, -0.15) is 0 Å². The Morgan fingerprint density at radius 3 is 2.54 bits per heavy atom. The molecule has 0 spiro atoms. The number of benzene rings is 1. The maximum absolute atomic E-state index is 15.0. The Kier molecular flexibility index (Phi) is 11.0. The van der Waals surface area contributed by atoms with Crippen LogP contribution >= 0.6 is 11.3 Å². The molecule has 3 unspecified atom stereocenters. The van der Waals surface area contributed by atoms with E-state index in [1.165, 1.54) is 23.5 Å². The summed E-state index contributed by atoms with van der Waals surface area (Å²) in [4.78, 5) is 36.6. The summed E-state index contributed by atoms with van der Waals surface area (Å²) in [5.74, 6) is 0.500. The molecular weight excluding hydrogens is 605 g/mol. The number of ketones is 1. The number of hydrogen-bond donors (Lipinski definition) is 3. The van der Waals surface area contributed by atoms with Crippen molar-refractivity contribution in [1.82, 2.24) is 20.2 Å². The molecule has 244 valence electrons. The number of aliphatic hydroxyl groups is 1. The Bertz CT molecular complexity index is 1650. The normalized spacial score (nSPS) is 16.1. The number of carbonyl (C=O) groups excluding carboxylic acids is 2. The van der Waals surface area contributed by atoms with Crippen LogP contribution in [0.3, 0.4) is 0 Å². The average Bonchev–Trinajstić information content (AvgIpc) is 3.51. The summed E-state index contributed by atoms with van der Waals surface area (Å²) >= 11 is 1.48. The number of fused-ring (bicyclic) bond motifs is 1. The highest BCUT2D eigenvalue weighted by Crippen LogP contribution is 2.39. The number of urea groups is 1. The van der Waals surface area contributed by atoms with Crippen LogP contribution < -0.4 is 15.4 Å². The van der Waals surface area contributed by atoms with Crippen molar-refractivity contribution in [1.29, 1.82) is 0 Å². The molecule has 1 fully saturated rings. The van der Waals surface area contributed by atoms with Gasteiger partial charge in [-0.1, -0.05) is 26.8 Å². The van der Waals surface area contributed by atoms with E-state index in [-0.39, 0.29) is 42.0 Å². The monoisotopic (exact) mass is 647 g/mol. The van der Waals surface area contributed by atoms with Crippen LogP contribution in [0.5, 0.6) is 11.5 Å². The van der Waals surface area contributed by atoms with E-state index in [9.17, 15) is 19.1 Å². The van der Waals surface area contributed by atoms with Crippen LogP contribution in [-0.4, -0.2) is 57.5 Å². The molecule has 4 aromatic rings. The number of nitrogens with zero attached hydrogens (tertiary/aromatic N) is 3. The number of piperidine rings is 1. The van der Waals surface area contributed by atoms with Crippen LogP contribution in [0.25, 0.3) is 20.8 Å². The Balaban J connectivity index is 1.20. The molecule has 0 saturated carbocycles. The fourth-order valence-electron chi connectivity index (χ4n) is 5.80. The fraction of sp³-hybridized carbons (Fsp3) is 0.429. The Labute approximate surface area is 273 Å². The third-order valence-electron chi connectivity index (χ3n) is 9.09. The number of Topliss-reactive ketones (excluding diaryl/α,β-unsaturated/α-hetero) is 1. The molecule has 46 heavy (non-hydrogen) atoms. The van der Waals surface area contributed by atoms with Gasteiger partial charge < -0.3 is 20.5 Å². The quantitative estimate of drug-likeness (QED) is 0.148. The molecule has 1 aliphatic heterocycles.